The van der Waals surface area contributed by atoms with Crippen LogP contribution >= 0.6 is 0 Å². The molecule has 2 aliphatic carbocycles. The van der Waals surface area contributed by atoms with E-state index >= 15 is 0 Å². The smallest absolute Gasteiger partial charge is 0.164 e. The molecule has 0 atom stereocenters. The van der Waals surface area contributed by atoms with Crippen molar-refractivity contribution in [1.82, 2.24) is 19.5 Å². The Hall–Kier alpha value is -7.69. The molecular formula is C54H32N4. The van der Waals surface area contributed by atoms with E-state index < -0.39 is 5.41 Å². The van der Waals surface area contributed by atoms with Crippen molar-refractivity contribution < 1.29 is 0 Å². The molecular weight excluding hydrogens is 705 g/mol. The Morgan fingerprint density at radius 2 is 0.845 bits per heavy atom. The summed E-state index contributed by atoms with van der Waals surface area (Å²) in [7, 11) is 0. The van der Waals surface area contributed by atoms with E-state index in [-0.39, 0.29) is 0 Å². The van der Waals surface area contributed by atoms with Crippen LogP contribution in [0.1, 0.15) is 22.3 Å². The first-order chi connectivity index (χ1) is 28.8. The summed E-state index contributed by atoms with van der Waals surface area (Å²) in [5.74, 6) is 1.94. The summed E-state index contributed by atoms with van der Waals surface area (Å²) in [6.45, 7) is 0. The SMILES string of the molecule is c1ccc(-c2nc(-c3ccc(-n4c5cccc6c5c5c7c(cccc7ccc54)C64c5ccccc5-c5ccccc54)cc3)nc(-c3ccc4ccccc4c3)n2)cc1. The Morgan fingerprint density at radius 3 is 1.59 bits per heavy atom. The molecule has 0 aliphatic heterocycles. The Morgan fingerprint density at radius 1 is 0.328 bits per heavy atom. The van der Waals surface area contributed by atoms with Crippen molar-refractivity contribution in [2.24, 2.45) is 0 Å². The van der Waals surface area contributed by atoms with Gasteiger partial charge in [-0.1, -0.05) is 152 Å². The molecule has 2 aromatic heterocycles. The fourth-order valence-corrected chi connectivity index (χ4v) is 10.2. The highest BCUT2D eigenvalue weighted by atomic mass is 15.0. The molecule has 4 nitrogen and oxygen atoms in total. The highest BCUT2D eigenvalue weighted by Crippen LogP contribution is 2.62. The Kier molecular flexibility index (Phi) is 6.34. The third-order valence-electron chi connectivity index (χ3n) is 12.6. The minimum Gasteiger partial charge on any atom is -0.309 e. The van der Waals surface area contributed by atoms with Gasteiger partial charge in [0.2, 0.25) is 0 Å². The van der Waals surface area contributed by atoms with Crippen LogP contribution in [0.5, 0.6) is 0 Å². The molecule has 0 amide bonds. The molecule has 2 heterocycles. The lowest BCUT2D eigenvalue weighted by Crippen LogP contribution is -2.30. The zero-order valence-electron chi connectivity index (χ0n) is 31.3. The average molecular weight is 737 g/mol. The molecule has 0 fully saturated rings. The van der Waals surface area contributed by atoms with Gasteiger partial charge in [-0.25, -0.2) is 15.0 Å². The number of aromatic nitrogens is 4. The van der Waals surface area contributed by atoms with E-state index in [4.69, 9.17) is 15.0 Å². The third-order valence-corrected chi connectivity index (χ3v) is 12.6. The number of rotatable bonds is 4. The summed E-state index contributed by atoms with van der Waals surface area (Å²) < 4.78 is 2.45. The topological polar surface area (TPSA) is 43.6 Å². The minimum atomic E-state index is -0.429. The van der Waals surface area contributed by atoms with Crippen LogP contribution in [0.15, 0.2) is 194 Å². The van der Waals surface area contributed by atoms with Gasteiger partial charge >= 0.3 is 0 Å². The third kappa shape index (κ3) is 4.16. The molecule has 0 saturated carbocycles. The lowest BCUT2D eigenvalue weighted by Gasteiger charge is -2.37. The molecule has 0 radical (unpaired) electrons. The Balaban J connectivity index is 1.02. The van der Waals surface area contributed by atoms with Crippen LogP contribution in [0.2, 0.25) is 0 Å². The van der Waals surface area contributed by atoms with Crippen molar-refractivity contribution >= 4 is 43.4 Å². The zero-order chi connectivity index (χ0) is 38.0. The predicted molar refractivity (Wildman–Crippen MR) is 236 cm³/mol. The van der Waals surface area contributed by atoms with E-state index in [2.05, 4.69) is 180 Å². The van der Waals surface area contributed by atoms with Crippen molar-refractivity contribution in [2.45, 2.75) is 5.41 Å². The molecule has 2 aliphatic rings. The number of fused-ring (bicyclic) bond motifs is 8. The van der Waals surface area contributed by atoms with E-state index in [0.29, 0.717) is 17.5 Å². The number of hydrogen-bond acceptors (Lipinski definition) is 3. The second-order valence-corrected chi connectivity index (χ2v) is 15.5. The van der Waals surface area contributed by atoms with Crippen molar-refractivity contribution in [1.29, 1.82) is 0 Å². The quantitative estimate of drug-likeness (QED) is 0.181. The maximum Gasteiger partial charge on any atom is 0.164 e. The molecule has 4 heteroatoms. The average Bonchev–Trinajstić information content (AvgIpc) is 3.80. The van der Waals surface area contributed by atoms with Gasteiger partial charge < -0.3 is 4.57 Å². The fourth-order valence-electron chi connectivity index (χ4n) is 10.2. The standard InChI is InChI=1S/C54H32N4/c1-2-13-35(14-3-1)51-55-52(57-53(56-51)38-25-24-33-12-4-5-15-37(33)32-38)36-26-29-39(30-27-36)58-46-23-11-22-45-49(46)50-47(58)31-28-34-16-10-21-44(48(34)50)54(45)42-19-8-6-17-40(42)41-18-7-9-20-43(41)54/h1-32H. The van der Waals surface area contributed by atoms with E-state index in [1.807, 2.05) is 18.2 Å². The fraction of sp³-hybridized carbons (Fsp3) is 0.0185. The van der Waals surface area contributed by atoms with Crippen LogP contribution in [-0.4, -0.2) is 19.5 Å². The van der Waals surface area contributed by atoms with Gasteiger partial charge in [0.15, 0.2) is 17.5 Å². The Bertz CT molecular complexity index is 3460. The molecule has 1 spiro atoms. The molecule has 0 saturated heterocycles. The molecule has 58 heavy (non-hydrogen) atoms. The molecule has 9 aromatic carbocycles. The summed E-state index contributed by atoms with van der Waals surface area (Å²) in [4.78, 5) is 15.2. The van der Waals surface area contributed by atoms with E-state index in [0.717, 1.165) is 27.8 Å². The molecule has 0 bridgehead atoms. The highest BCUT2D eigenvalue weighted by Gasteiger charge is 2.49. The lowest BCUT2D eigenvalue weighted by atomic mass is 9.63. The normalized spacial score (nSPS) is 13.3. The van der Waals surface area contributed by atoms with Gasteiger partial charge in [0, 0.05) is 33.2 Å². The van der Waals surface area contributed by atoms with Gasteiger partial charge in [0.1, 0.15) is 0 Å². The van der Waals surface area contributed by atoms with Crippen LogP contribution in [0, 0.1) is 0 Å². The van der Waals surface area contributed by atoms with Crippen molar-refractivity contribution in [2.75, 3.05) is 0 Å². The van der Waals surface area contributed by atoms with E-state index in [1.54, 1.807) is 0 Å². The van der Waals surface area contributed by atoms with Gasteiger partial charge in [-0.3, -0.25) is 0 Å². The zero-order valence-corrected chi connectivity index (χ0v) is 31.3. The summed E-state index contributed by atoms with van der Waals surface area (Å²) in [6.07, 6.45) is 0. The molecule has 13 rings (SSSR count). The van der Waals surface area contributed by atoms with Crippen molar-refractivity contribution in [3.8, 4) is 51.0 Å². The van der Waals surface area contributed by atoms with Crippen LogP contribution in [0.4, 0.5) is 0 Å². The highest BCUT2D eigenvalue weighted by molar-refractivity contribution is 6.26. The number of benzene rings is 9. The monoisotopic (exact) mass is 736 g/mol. The van der Waals surface area contributed by atoms with Crippen molar-refractivity contribution in [3.63, 3.8) is 0 Å². The van der Waals surface area contributed by atoms with Crippen LogP contribution in [-0.2, 0) is 5.41 Å². The maximum atomic E-state index is 5.10. The van der Waals surface area contributed by atoms with Crippen molar-refractivity contribution in [3.05, 3.63) is 216 Å². The minimum absolute atomic E-state index is 0.429. The lowest BCUT2D eigenvalue weighted by molar-refractivity contribution is 0.783. The van der Waals surface area contributed by atoms with Crippen LogP contribution in [0.25, 0.3) is 94.3 Å². The van der Waals surface area contributed by atoms with Gasteiger partial charge in [-0.2, -0.15) is 0 Å². The summed E-state index contributed by atoms with van der Waals surface area (Å²) in [5.41, 5.74) is 13.9. The first kappa shape index (κ1) is 31.5. The molecule has 268 valence electrons. The first-order valence-electron chi connectivity index (χ1n) is 19.9. The van der Waals surface area contributed by atoms with E-state index in [1.165, 1.54) is 71.3 Å². The van der Waals surface area contributed by atoms with Gasteiger partial charge in [0.05, 0.1) is 16.4 Å². The predicted octanol–water partition coefficient (Wildman–Crippen LogP) is 13.0. The molecule has 0 unspecified atom stereocenters. The Labute approximate surface area is 334 Å². The largest absolute Gasteiger partial charge is 0.309 e. The summed E-state index contributed by atoms with van der Waals surface area (Å²) in [5, 5.41) is 7.58. The van der Waals surface area contributed by atoms with Gasteiger partial charge in [-0.05, 0) is 97.4 Å². The number of nitrogens with zero attached hydrogens (tertiary/aromatic N) is 4. The second kappa shape index (κ2) is 11.7. The van der Waals surface area contributed by atoms with Gasteiger partial charge in [0.25, 0.3) is 0 Å². The maximum absolute atomic E-state index is 5.10. The van der Waals surface area contributed by atoms with Crippen LogP contribution in [0.3, 0.4) is 0 Å². The molecule has 11 aromatic rings. The second-order valence-electron chi connectivity index (χ2n) is 15.5. The number of hydrogen-bond donors (Lipinski definition) is 0. The molecule has 0 N–H and O–H groups in total. The summed E-state index contributed by atoms with van der Waals surface area (Å²) in [6, 6.07) is 70.2. The van der Waals surface area contributed by atoms with E-state index in [9.17, 15) is 0 Å². The summed E-state index contributed by atoms with van der Waals surface area (Å²) >= 11 is 0. The van der Waals surface area contributed by atoms with Crippen LogP contribution < -0.4 is 0 Å². The van der Waals surface area contributed by atoms with Gasteiger partial charge in [-0.15, -0.1) is 0 Å². The first-order valence-corrected chi connectivity index (χ1v) is 19.9.